The molecule has 1 aromatic rings. The highest BCUT2D eigenvalue weighted by Gasteiger charge is 2.44. The molecule has 0 radical (unpaired) electrons. The molecule has 2 bridgehead atoms. The van der Waals surface area contributed by atoms with Crippen LogP contribution < -0.4 is 16.0 Å². The van der Waals surface area contributed by atoms with Crippen LogP contribution >= 0.6 is 0 Å². The molecule has 0 saturated carbocycles. The summed E-state index contributed by atoms with van der Waals surface area (Å²) in [6.45, 7) is 1.99. The molecule has 28 heavy (non-hydrogen) atoms. The number of hydrogen-bond donors (Lipinski definition) is 3. The fraction of sp³-hybridized carbons (Fsp3) is 0.571. The van der Waals surface area contributed by atoms with Gasteiger partial charge in [0.15, 0.2) is 0 Å². The molecule has 1 aromatic carbocycles. The molecule has 4 aliphatic heterocycles. The van der Waals surface area contributed by atoms with Crippen LogP contribution in [0.2, 0.25) is 0 Å². The van der Waals surface area contributed by atoms with Crippen molar-refractivity contribution in [2.24, 2.45) is 0 Å². The summed E-state index contributed by atoms with van der Waals surface area (Å²) in [6, 6.07) is 6.06. The number of hydrogen-bond acceptors (Lipinski definition) is 5. The van der Waals surface area contributed by atoms with E-state index in [2.05, 4.69) is 16.0 Å². The molecule has 0 spiro atoms. The number of rotatable bonds is 5. The zero-order valence-electron chi connectivity index (χ0n) is 15.9. The van der Waals surface area contributed by atoms with E-state index in [1.807, 2.05) is 18.2 Å². The van der Waals surface area contributed by atoms with Crippen molar-refractivity contribution < 1.29 is 14.4 Å². The molecular weight excluding hydrogens is 356 g/mol. The highest BCUT2D eigenvalue weighted by atomic mass is 16.2. The number of imide groups is 1. The summed E-state index contributed by atoms with van der Waals surface area (Å²) in [6.07, 6.45) is 5.65. The summed E-state index contributed by atoms with van der Waals surface area (Å²) in [7, 11) is 0. The van der Waals surface area contributed by atoms with Crippen molar-refractivity contribution in [3.8, 4) is 0 Å². The van der Waals surface area contributed by atoms with Gasteiger partial charge in [-0.15, -0.1) is 0 Å². The maximum absolute atomic E-state index is 13.1. The van der Waals surface area contributed by atoms with Crippen molar-refractivity contribution in [2.45, 2.75) is 69.2 Å². The van der Waals surface area contributed by atoms with Gasteiger partial charge < -0.3 is 15.5 Å². The first-order valence-electron chi connectivity index (χ1n) is 10.3. The standard InChI is InChI=1S/C21H26N4O3/c26-17-5-4-16(19(27)23-17)25-11-14-3-1-2-13(18(14)20(25)28)10-22-12-21-8-6-15(24-21)7-9-21/h1-3,15-16,22,24H,4-12H2,(H,23,26,27). The van der Waals surface area contributed by atoms with E-state index in [9.17, 15) is 14.4 Å². The molecule has 0 aliphatic carbocycles. The predicted octanol–water partition coefficient (Wildman–Crippen LogP) is 0.822. The Bertz CT molecular complexity index is 844. The minimum Gasteiger partial charge on any atom is -0.322 e. The molecule has 1 atom stereocenters. The summed E-state index contributed by atoms with van der Waals surface area (Å²) in [5, 5.41) is 9.66. The molecule has 5 rings (SSSR count). The lowest BCUT2D eigenvalue weighted by atomic mass is 9.88. The first-order chi connectivity index (χ1) is 13.5. The first kappa shape index (κ1) is 17.8. The third kappa shape index (κ3) is 2.93. The SMILES string of the molecule is O=C1CCC(N2Cc3cccc(CNCC45CCC(CC4)N5)c3C2=O)C(=O)N1. The van der Waals surface area contributed by atoms with E-state index in [-0.39, 0.29) is 29.7 Å². The molecule has 3 fully saturated rings. The Labute approximate surface area is 164 Å². The summed E-state index contributed by atoms with van der Waals surface area (Å²) in [4.78, 5) is 38.4. The van der Waals surface area contributed by atoms with E-state index >= 15 is 0 Å². The van der Waals surface area contributed by atoms with Crippen LogP contribution in [0.1, 0.15) is 60.0 Å². The van der Waals surface area contributed by atoms with Gasteiger partial charge in [0.25, 0.3) is 5.91 Å². The fourth-order valence-electron chi connectivity index (χ4n) is 5.39. The van der Waals surface area contributed by atoms with Crippen LogP contribution in [0.5, 0.6) is 0 Å². The van der Waals surface area contributed by atoms with Crippen molar-refractivity contribution in [1.29, 1.82) is 0 Å². The molecule has 4 aliphatic rings. The van der Waals surface area contributed by atoms with Crippen molar-refractivity contribution in [3.05, 3.63) is 34.9 Å². The third-order valence-corrected chi connectivity index (χ3v) is 6.87. The van der Waals surface area contributed by atoms with Crippen LogP contribution in [-0.2, 0) is 22.7 Å². The minimum atomic E-state index is -0.560. The lowest BCUT2D eigenvalue weighted by Crippen LogP contribution is -2.52. The fourth-order valence-corrected chi connectivity index (χ4v) is 5.39. The van der Waals surface area contributed by atoms with Gasteiger partial charge in [0.2, 0.25) is 11.8 Å². The van der Waals surface area contributed by atoms with Crippen LogP contribution in [0, 0.1) is 0 Å². The highest BCUT2D eigenvalue weighted by molar-refractivity contribution is 6.05. The quantitative estimate of drug-likeness (QED) is 0.656. The van der Waals surface area contributed by atoms with Crippen molar-refractivity contribution >= 4 is 17.7 Å². The third-order valence-electron chi connectivity index (χ3n) is 6.87. The first-order valence-corrected chi connectivity index (χ1v) is 10.3. The number of carbonyl (C=O) groups excluding carboxylic acids is 3. The number of nitrogens with one attached hydrogen (secondary N) is 3. The Morgan fingerprint density at radius 2 is 1.96 bits per heavy atom. The van der Waals surface area contributed by atoms with Gasteiger partial charge in [0.1, 0.15) is 6.04 Å². The number of fused-ring (bicyclic) bond motifs is 3. The largest absolute Gasteiger partial charge is 0.322 e. The molecule has 3 amide bonds. The van der Waals surface area contributed by atoms with Crippen LogP contribution in [0.4, 0.5) is 0 Å². The Kier molecular flexibility index (Phi) is 4.25. The smallest absolute Gasteiger partial charge is 0.255 e. The predicted molar refractivity (Wildman–Crippen MR) is 102 cm³/mol. The average molecular weight is 382 g/mol. The lowest BCUT2D eigenvalue weighted by Gasteiger charge is -2.29. The Hall–Kier alpha value is -2.25. The van der Waals surface area contributed by atoms with E-state index in [1.165, 1.54) is 25.7 Å². The zero-order chi connectivity index (χ0) is 19.3. The van der Waals surface area contributed by atoms with Crippen LogP contribution in [0.3, 0.4) is 0 Å². The zero-order valence-corrected chi connectivity index (χ0v) is 15.9. The van der Waals surface area contributed by atoms with Gasteiger partial charge in [0.05, 0.1) is 0 Å². The Morgan fingerprint density at radius 3 is 2.68 bits per heavy atom. The molecule has 4 heterocycles. The molecule has 148 valence electrons. The molecule has 7 nitrogen and oxygen atoms in total. The number of piperidine rings is 1. The van der Waals surface area contributed by atoms with Gasteiger partial charge in [-0.1, -0.05) is 18.2 Å². The normalized spacial score (nSPS) is 31.4. The second kappa shape index (κ2) is 6.67. The second-order valence-electron chi connectivity index (χ2n) is 8.65. The highest BCUT2D eigenvalue weighted by Crippen LogP contribution is 2.37. The maximum Gasteiger partial charge on any atom is 0.255 e. The van der Waals surface area contributed by atoms with Gasteiger partial charge in [-0.3, -0.25) is 19.7 Å². The molecule has 1 unspecified atom stereocenters. The van der Waals surface area contributed by atoms with E-state index in [1.54, 1.807) is 4.90 Å². The van der Waals surface area contributed by atoms with Crippen LogP contribution in [-0.4, -0.2) is 46.8 Å². The summed E-state index contributed by atoms with van der Waals surface area (Å²) < 4.78 is 0. The van der Waals surface area contributed by atoms with Crippen molar-refractivity contribution in [3.63, 3.8) is 0 Å². The van der Waals surface area contributed by atoms with Gasteiger partial charge in [-0.2, -0.15) is 0 Å². The molecular formula is C21H26N4O3. The van der Waals surface area contributed by atoms with Gasteiger partial charge >= 0.3 is 0 Å². The monoisotopic (exact) mass is 382 g/mol. The number of carbonyl (C=O) groups is 3. The molecule has 3 saturated heterocycles. The van der Waals surface area contributed by atoms with Crippen LogP contribution in [0.25, 0.3) is 0 Å². The number of nitrogens with zero attached hydrogens (tertiary/aromatic N) is 1. The van der Waals surface area contributed by atoms with E-state index < -0.39 is 6.04 Å². The summed E-state index contributed by atoms with van der Waals surface area (Å²) >= 11 is 0. The van der Waals surface area contributed by atoms with Gasteiger partial charge in [0, 0.05) is 43.2 Å². The second-order valence-corrected chi connectivity index (χ2v) is 8.65. The average Bonchev–Trinajstić information content (AvgIpc) is 3.36. The van der Waals surface area contributed by atoms with E-state index in [0.29, 0.717) is 25.6 Å². The van der Waals surface area contributed by atoms with E-state index in [0.717, 1.165) is 23.2 Å². The van der Waals surface area contributed by atoms with Crippen molar-refractivity contribution in [2.75, 3.05) is 6.54 Å². The molecule has 0 aromatic heterocycles. The minimum absolute atomic E-state index is 0.0972. The van der Waals surface area contributed by atoms with E-state index in [4.69, 9.17) is 0 Å². The molecule has 3 N–H and O–H groups in total. The Morgan fingerprint density at radius 1 is 1.14 bits per heavy atom. The summed E-state index contributed by atoms with van der Waals surface area (Å²) in [5.74, 6) is -0.719. The van der Waals surface area contributed by atoms with Crippen LogP contribution in [0.15, 0.2) is 18.2 Å². The topological polar surface area (TPSA) is 90.5 Å². The molecule has 7 heteroatoms. The summed E-state index contributed by atoms with van der Waals surface area (Å²) in [5.41, 5.74) is 2.90. The lowest BCUT2D eigenvalue weighted by molar-refractivity contribution is -0.136. The maximum atomic E-state index is 13.1. The van der Waals surface area contributed by atoms with Gasteiger partial charge in [-0.05, 0) is 43.2 Å². The van der Waals surface area contributed by atoms with Gasteiger partial charge in [-0.25, -0.2) is 0 Å². The van der Waals surface area contributed by atoms with Crippen molar-refractivity contribution in [1.82, 2.24) is 20.9 Å². The Balaban J connectivity index is 1.28. The number of amides is 3. The number of benzene rings is 1.